The molecule has 0 saturated carbocycles. The number of likely N-dealkylation sites (tertiary alicyclic amines) is 1. The Balaban J connectivity index is 1.82. The summed E-state index contributed by atoms with van der Waals surface area (Å²) in [4.78, 5) is 2.51. The zero-order chi connectivity index (χ0) is 10.7. The highest BCUT2D eigenvalue weighted by molar-refractivity contribution is 5.06. The van der Waals surface area contributed by atoms with E-state index >= 15 is 0 Å². The van der Waals surface area contributed by atoms with Crippen molar-refractivity contribution in [2.24, 2.45) is 0 Å². The molecular formula is C12H20N3. The lowest BCUT2D eigenvalue weighted by atomic mass is 10.1. The first-order valence-electron chi connectivity index (χ1n) is 5.84. The molecule has 2 rings (SSSR count). The van der Waals surface area contributed by atoms with Crippen molar-refractivity contribution >= 4 is 0 Å². The standard InChI is InChI=1S/C12H20N3/c1-11(2)12-5-8-15(13-12)10-9-14-6-3-4-7-14/h5,8,11H,1,3-4,6-7,9-10H2,2H3. The van der Waals surface area contributed by atoms with Crippen molar-refractivity contribution in [3.63, 3.8) is 0 Å². The lowest BCUT2D eigenvalue weighted by molar-refractivity contribution is 0.315. The van der Waals surface area contributed by atoms with Crippen LogP contribution in [0.25, 0.3) is 0 Å². The highest BCUT2D eigenvalue weighted by Gasteiger charge is 2.11. The molecule has 83 valence electrons. The van der Waals surface area contributed by atoms with Crippen molar-refractivity contribution in [2.75, 3.05) is 19.6 Å². The molecule has 1 atom stereocenters. The quantitative estimate of drug-likeness (QED) is 0.750. The first-order chi connectivity index (χ1) is 7.25. The molecule has 1 aromatic heterocycles. The van der Waals surface area contributed by atoms with Crippen molar-refractivity contribution in [2.45, 2.75) is 32.2 Å². The molecule has 1 aliphatic heterocycles. The van der Waals surface area contributed by atoms with Gasteiger partial charge in [-0.25, -0.2) is 0 Å². The summed E-state index contributed by atoms with van der Waals surface area (Å²) in [5.41, 5.74) is 1.09. The summed E-state index contributed by atoms with van der Waals surface area (Å²) >= 11 is 0. The summed E-state index contributed by atoms with van der Waals surface area (Å²) in [5.74, 6) is 0.290. The Bertz CT molecular complexity index is 298. The maximum absolute atomic E-state index is 4.50. The third kappa shape index (κ3) is 2.81. The van der Waals surface area contributed by atoms with E-state index in [2.05, 4.69) is 36.1 Å². The largest absolute Gasteiger partial charge is 0.301 e. The highest BCUT2D eigenvalue weighted by atomic mass is 15.3. The lowest BCUT2D eigenvalue weighted by Crippen LogP contribution is -2.24. The molecule has 3 heteroatoms. The summed E-state index contributed by atoms with van der Waals surface area (Å²) in [6.45, 7) is 10.7. The SMILES string of the molecule is [CH2]C(C)c1ccn(CCN2CCCC2)n1. The molecule has 1 saturated heterocycles. The second-order valence-corrected chi connectivity index (χ2v) is 4.45. The summed E-state index contributed by atoms with van der Waals surface area (Å²) in [6, 6.07) is 2.07. The Morgan fingerprint density at radius 3 is 2.73 bits per heavy atom. The van der Waals surface area contributed by atoms with E-state index in [0.29, 0.717) is 0 Å². The second kappa shape index (κ2) is 4.79. The van der Waals surface area contributed by atoms with Crippen LogP contribution in [0.4, 0.5) is 0 Å². The fraction of sp³-hybridized carbons (Fsp3) is 0.667. The van der Waals surface area contributed by atoms with E-state index in [1.165, 1.54) is 25.9 Å². The number of hydrogen-bond acceptors (Lipinski definition) is 2. The van der Waals surface area contributed by atoms with Gasteiger partial charge < -0.3 is 4.90 Å². The van der Waals surface area contributed by atoms with Crippen LogP contribution in [0.5, 0.6) is 0 Å². The zero-order valence-corrected chi connectivity index (χ0v) is 9.52. The highest BCUT2D eigenvalue weighted by Crippen LogP contribution is 2.10. The summed E-state index contributed by atoms with van der Waals surface area (Å²) in [7, 11) is 0. The molecule has 0 spiro atoms. The zero-order valence-electron chi connectivity index (χ0n) is 9.52. The van der Waals surface area contributed by atoms with Gasteiger partial charge in [0.1, 0.15) is 0 Å². The topological polar surface area (TPSA) is 21.1 Å². The number of hydrogen-bond donors (Lipinski definition) is 0. The Morgan fingerprint density at radius 2 is 2.13 bits per heavy atom. The minimum atomic E-state index is 0.290. The second-order valence-electron chi connectivity index (χ2n) is 4.45. The molecular weight excluding hydrogens is 186 g/mol. The van der Waals surface area contributed by atoms with Crippen LogP contribution in [-0.4, -0.2) is 34.3 Å². The van der Waals surface area contributed by atoms with Gasteiger partial charge in [-0.15, -0.1) is 0 Å². The van der Waals surface area contributed by atoms with Crippen molar-refractivity contribution in [1.29, 1.82) is 0 Å². The molecule has 0 N–H and O–H groups in total. The molecule has 1 unspecified atom stereocenters. The van der Waals surface area contributed by atoms with Gasteiger partial charge in [-0.2, -0.15) is 5.10 Å². The molecule has 0 bridgehead atoms. The minimum absolute atomic E-state index is 0.290. The van der Waals surface area contributed by atoms with Crippen LogP contribution >= 0.6 is 0 Å². The number of aromatic nitrogens is 2. The number of rotatable bonds is 4. The van der Waals surface area contributed by atoms with E-state index in [-0.39, 0.29) is 5.92 Å². The Hall–Kier alpha value is -0.830. The van der Waals surface area contributed by atoms with Crippen LogP contribution in [0.15, 0.2) is 12.3 Å². The molecule has 0 aliphatic carbocycles. The molecule has 1 aromatic rings. The lowest BCUT2D eigenvalue weighted by Gasteiger charge is -2.13. The van der Waals surface area contributed by atoms with Crippen molar-refractivity contribution in [1.82, 2.24) is 14.7 Å². The number of nitrogens with zero attached hydrogens (tertiary/aromatic N) is 3. The van der Waals surface area contributed by atoms with Gasteiger partial charge >= 0.3 is 0 Å². The van der Waals surface area contributed by atoms with Crippen molar-refractivity contribution < 1.29 is 0 Å². The minimum Gasteiger partial charge on any atom is -0.301 e. The molecule has 2 heterocycles. The monoisotopic (exact) mass is 206 g/mol. The van der Waals surface area contributed by atoms with Gasteiger partial charge in [-0.1, -0.05) is 6.92 Å². The van der Waals surface area contributed by atoms with Crippen LogP contribution in [0.3, 0.4) is 0 Å². The van der Waals surface area contributed by atoms with Gasteiger partial charge in [0.25, 0.3) is 0 Å². The Morgan fingerprint density at radius 1 is 1.40 bits per heavy atom. The maximum Gasteiger partial charge on any atom is 0.0652 e. The van der Waals surface area contributed by atoms with Crippen LogP contribution < -0.4 is 0 Å². The van der Waals surface area contributed by atoms with Crippen LogP contribution in [0.2, 0.25) is 0 Å². The third-order valence-corrected chi connectivity index (χ3v) is 3.01. The van der Waals surface area contributed by atoms with Crippen LogP contribution in [0, 0.1) is 6.92 Å². The van der Waals surface area contributed by atoms with Gasteiger partial charge in [0.2, 0.25) is 0 Å². The molecule has 0 amide bonds. The van der Waals surface area contributed by atoms with Gasteiger partial charge in [-0.05, 0) is 38.9 Å². The summed E-state index contributed by atoms with van der Waals surface area (Å²) < 4.78 is 2.04. The van der Waals surface area contributed by atoms with E-state index < -0.39 is 0 Å². The molecule has 1 radical (unpaired) electrons. The van der Waals surface area contributed by atoms with Gasteiger partial charge in [0.15, 0.2) is 0 Å². The Labute approximate surface area is 92.1 Å². The van der Waals surface area contributed by atoms with E-state index in [1.807, 2.05) is 4.68 Å². The van der Waals surface area contributed by atoms with E-state index in [9.17, 15) is 0 Å². The van der Waals surface area contributed by atoms with E-state index in [4.69, 9.17) is 0 Å². The van der Waals surface area contributed by atoms with E-state index in [0.717, 1.165) is 18.8 Å². The van der Waals surface area contributed by atoms with Crippen molar-refractivity contribution in [3.8, 4) is 0 Å². The first kappa shape index (κ1) is 10.7. The normalized spacial score (nSPS) is 17.8. The Kier molecular flexibility index (Phi) is 3.41. The summed E-state index contributed by atoms with van der Waals surface area (Å²) in [5, 5.41) is 4.50. The van der Waals surface area contributed by atoms with Crippen molar-refractivity contribution in [3.05, 3.63) is 24.9 Å². The smallest absolute Gasteiger partial charge is 0.0652 e. The molecule has 1 aliphatic rings. The predicted octanol–water partition coefficient (Wildman–Crippen LogP) is 1.92. The van der Waals surface area contributed by atoms with Crippen LogP contribution in [0.1, 0.15) is 31.4 Å². The summed E-state index contributed by atoms with van der Waals surface area (Å²) in [6.07, 6.45) is 4.79. The average molecular weight is 206 g/mol. The first-order valence-corrected chi connectivity index (χ1v) is 5.84. The fourth-order valence-corrected chi connectivity index (χ4v) is 2.01. The van der Waals surface area contributed by atoms with Crippen LogP contribution in [-0.2, 0) is 6.54 Å². The molecule has 15 heavy (non-hydrogen) atoms. The molecule has 0 aromatic carbocycles. The van der Waals surface area contributed by atoms with Gasteiger partial charge in [-0.3, -0.25) is 4.68 Å². The molecule has 1 fully saturated rings. The van der Waals surface area contributed by atoms with Gasteiger partial charge in [0.05, 0.1) is 12.2 Å². The third-order valence-electron chi connectivity index (χ3n) is 3.01. The average Bonchev–Trinajstić information content (AvgIpc) is 2.86. The predicted molar refractivity (Wildman–Crippen MR) is 61.7 cm³/mol. The van der Waals surface area contributed by atoms with E-state index in [1.54, 1.807) is 0 Å². The van der Waals surface area contributed by atoms with Gasteiger partial charge in [0, 0.05) is 18.7 Å². The molecule has 3 nitrogen and oxygen atoms in total. The maximum atomic E-state index is 4.50. The fourth-order valence-electron chi connectivity index (χ4n) is 2.01.